The summed E-state index contributed by atoms with van der Waals surface area (Å²) in [6, 6.07) is 22.0. The zero-order chi connectivity index (χ0) is 25.9. The minimum Gasteiger partial charge on any atom is -0.497 e. The van der Waals surface area contributed by atoms with Gasteiger partial charge in [0, 0.05) is 54.4 Å². The number of amides is 1. The SMILES string of the molecule is CCOc1cc(-c2cccc(OC)c2)nc2ccc(C(=O)N3CCN(c4cc(C)ccc4C)CC3)cc12. The molecule has 4 aromatic rings. The maximum Gasteiger partial charge on any atom is 0.254 e. The molecule has 5 rings (SSSR count). The summed E-state index contributed by atoms with van der Waals surface area (Å²) in [5.74, 6) is 1.54. The molecule has 1 aliphatic rings. The van der Waals surface area contributed by atoms with Crippen molar-refractivity contribution in [3.8, 4) is 22.8 Å². The Morgan fingerprint density at radius 3 is 2.51 bits per heavy atom. The molecule has 1 fully saturated rings. The molecule has 1 saturated heterocycles. The number of piperazine rings is 1. The van der Waals surface area contributed by atoms with Gasteiger partial charge in [-0.05, 0) is 68.3 Å². The number of benzene rings is 3. The van der Waals surface area contributed by atoms with E-state index < -0.39 is 0 Å². The average Bonchev–Trinajstić information content (AvgIpc) is 2.94. The van der Waals surface area contributed by atoms with E-state index in [0.717, 1.165) is 46.7 Å². The summed E-state index contributed by atoms with van der Waals surface area (Å²) in [5, 5.41) is 0.841. The molecule has 0 unspecified atom stereocenters. The van der Waals surface area contributed by atoms with E-state index in [1.807, 2.05) is 60.4 Å². The van der Waals surface area contributed by atoms with Gasteiger partial charge >= 0.3 is 0 Å². The molecule has 6 nitrogen and oxygen atoms in total. The van der Waals surface area contributed by atoms with E-state index in [1.54, 1.807) is 7.11 Å². The van der Waals surface area contributed by atoms with Crippen molar-refractivity contribution in [2.45, 2.75) is 20.8 Å². The minimum atomic E-state index is 0.0434. The van der Waals surface area contributed by atoms with Crippen molar-refractivity contribution in [3.05, 3.63) is 83.4 Å². The maximum absolute atomic E-state index is 13.5. The van der Waals surface area contributed by atoms with Crippen LogP contribution in [0.2, 0.25) is 0 Å². The molecule has 0 N–H and O–H groups in total. The molecule has 190 valence electrons. The quantitative estimate of drug-likeness (QED) is 0.334. The normalized spacial score (nSPS) is 13.6. The monoisotopic (exact) mass is 495 g/mol. The Labute approximate surface area is 218 Å². The molecule has 1 aliphatic heterocycles. The van der Waals surface area contributed by atoms with E-state index in [0.29, 0.717) is 25.3 Å². The highest BCUT2D eigenvalue weighted by atomic mass is 16.5. The first-order valence-corrected chi connectivity index (χ1v) is 12.8. The Bertz CT molecular complexity index is 1440. The Morgan fingerprint density at radius 1 is 0.946 bits per heavy atom. The molecule has 6 heteroatoms. The van der Waals surface area contributed by atoms with E-state index in [2.05, 4.69) is 36.9 Å². The standard InChI is InChI=1S/C31H33N3O3/c1-5-37-30-20-28(23-7-6-8-25(18-23)36-4)32-27-12-11-24(19-26(27)30)31(35)34-15-13-33(14-16-34)29-17-21(2)9-10-22(29)3/h6-12,17-20H,5,13-16H2,1-4H3. The number of hydrogen-bond donors (Lipinski definition) is 0. The number of anilines is 1. The van der Waals surface area contributed by atoms with Crippen LogP contribution in [0.25, 0.3) is 22.2 Å². The lowest BCUT2D eigenvalue weighted by molar-refractivity contribution is 0.0747. The topological polar surface area (TPSA) is 54.9 Å². The van der Waals surface area contributed by atoms with Crippen LogP contribution in [0.15, 0.2) is 66.7 Å². The van der Waals surface area contributed by atoms with Crippen molar-refractivity contribution in [1.29, 1.82) is 0 Å². The lowest BCUT2D eigenvalue weighted by atomic mass is 10.1. The fourth-order valence-electron chi connectivity index (χ4n) is 4.93. The molecule has 3 aromatic carbocycles. The van der Waals surface area contributed by atoms with Crippen molar-refractivity contribution in [3.63, 3.8) is 0 Å². The Kier molecular flexibility index (Phi) is 6.99. The molecule has 0 bridgehead atoms. The molecule has 2 heterocycles. The Morgan fingerprint density at radius 2 is 1.76 bits per heavy atom. The maximum atomic E-state index is 13.5. The number of carbonyl (C=O) groups excluding carboxylic acids is 1. The summed E-state index contributed by atoms with van der Waals surface area (Å²) >= 11 is 0. The summed E-state index contributed by atoms with van der Waals surface area (Å²) < 4.78 is 11.4. The lowest BCUT2D eigenvalue weighted by Crippen LogP contribution is -2.49. The molecule has 0 radical (unpaired) electrons. The number of ether oxygens (including phenoxy) is 2. The Hall–Kier alpha value is -4.06. The fourth-order valence-corrected chi connectivity index (χ4v) is 4.93. The number of pyridine rings is 1. The van der Waals surface area contributed by atoms with E-state index in [4.69, 9.17) is 14.5 Å². The molecule has 0 atom stereocenters. The molecule has 1 aromatic heterocycles. The largest absolute Gasteiger partial charge is 0.497 e. The average molecular weight is 496 g/mol. The summed E-state index contributed by atoms with van der Waals surface area (Å²) in [6.45, 7) is 9.76. The van der Waals surface area contributed by atoms with Crippen molar-refractivity contribution in [2.75, 3.05) is 44.8 Å². The van der Waals surface area contributed by atoms with E-state index in [1.165, 1.54) is 16.8 Å². The van der Waals surface area contributed by atoms with Gasteiger partial charge < -0.3 is 19.3 Å². The highest BCUT2D eigenvalue weighted by Crippen LogP contribution is 2.32. The van der Waals surface area contributed by atoms with E-state index in [-0.39, 0.29) is 5.91 Å². The summed E-state index contributed by atoms with van der Waals surface area (Å²) in [5.41, 5.74) is 6.98. The smallest absolute Gasteiger partial charge is 0.254 e. The molecule has 0 spiro atoms. The minimum absolute atomic E-state index is 0.0434. The van der Waals surface area contributed by atoms with E-state index >= 15 is 0 Å². The predicted molar refractivity (Wildman–Crippen MR) is 149 cm³/mol. The van der Waals surface area contributed by atoms with Crippen LogP contribution in [-0.2, 0) is 0 Å². The number of hydrogen-bond acceptors (Lipinski definition) is 5. The summed E-state index contributed by atoms with van der Waals surface area (Å²) in [7, 11) is 1.65. The predicted octanol–water partition coefficient (Wildman–Crippen LogP) is 5.89. The van der Waals surface area contributed by atoms with Gasteiger partial charge in [0.25, 0.3) is 5.91 Å². The van der Waals surface area contributed by atoms with Gasteiger partial charge in [0.1, 0.15) is 11.5 Å². The highest BCUT2D eigenvalue weighted by molar-refractivity contribution is 6.00. The van der Waals surface area contributed by atoms with Crippen LogP contribution in [0.1, 0.15) is 28.4 Å². The van der Waals surface area contributed by atoms with Gasteiger partial charge in [0.05, 0.1) is 24.9 Å². The van der Waals surface area contributed by atoms with Crippen molar-refractivity contribution in [2.24, 2.45) is 0 Å². The van der Waals surface area contributed by atoms with Crippen LogP contribution in [-0.4, -0.2) is 55.7 Å². The van der Waals surface area contributed by atoms with Gasteiger partial charge in [0.15, 0.2) is 0 Å². The fraction of sp³-hybridized carbons (Fsp3) is 0.290. The van der Waals surface area contributed by atoms with Crippen molar-refractivity contribution < 1.29 is 14.3 Å². The number of carbonyl (C=O) groups is 1. The second kappa shape index (κ2) is 10.5. The molecule has 1 amide bonds. The second-order valence-corrected chi connectivity index (χ2v) is 9.47. The first-order valence-electron chi connectivity index (χ1n) is 12.8. The van der Waals surface area contributed by atoms with Crippen molar-refractivity contribution in [1.82, 2.24) is 9.88 Å². The zero-order valence-electron chi connectivity index (χ0n) is 22.0. The highest BCUT2D eigenvalue weighted by Gasteiger charge is 2.24. The van der Waals surface area contributed by atoms with Crippen LogP contribution in [0.4, 0.5) is 5.69 Å². The zero-order valence-corrected chi connectivity index (χ0v) is 22.0. The lowest BCUT2D eigenvalue weighted by Gasteiger charge is -2.37. The van der Waals surface area contributed by atoms with Gasteiger partial charge in [-0.3, -0.25) is 4.79 Å². The number of aryl methyl sites for hydroxylation is 2. The third kappa shape index (κ3) is 5.10. The van der Waals surface area contributed by atoms with Gasteiger partial charge in [-0.25, -0.2) is 4.98 Å². The van der Waals surface area contributed by atoms with Crippen LogP contribution in [0.3, 0.4) is 0 Å². The van der Waals surface area contributed by atoms with E-state index in [9.17, 15) is 4.79 Å². The number of methoxy groups -OCH3 is 1. The second-order valence-electron chi connectivity index (χ2n) is 9.47. The molecule has 37 heavy (non-hydrogen) atoms. The first-order chi connectivity index (χ1) is 18.0. The summed E-state index contributed by atoms with van der Waals surface area (Å²) in [6.07, 6.45) is 0. The number of rotatable bonds is 6. The molecule has 0 aliphatic carbocycles. The first kappa shape index (κ1) is 24.6. The summed E-state index contributed by atoms with van der Waals surface area (Å²) in [4.78, 5) is 22.7. The molecular weight excluding hydrogens is 462 g/mol. The van der Waals surface area contributed by atoms with Crippen molar-refractivity contribution >= 4 is 22.5 Å². The number of nitrogens with zero attached hydrogens (tertiary/aromatic N) is 3. The van der Waals surface area contributed by atoms with Crippen LogP contribution in [0.5, 0.6) is 11.5 Å². The van der Waals surface area contributed by atoms with Gasteiger partial charge in [-0.15, -0.1) is 0 Å². The third-order valence-corrected chi connectivity index (χ3v) is 6.96. The molecular formula is C31H33N3O3. The molecule has 0 saturated carbocycles. The van der Waals surface area contributed by atoms with Crippen LogP contribution in [0, 0.1) is 13.8 Å². The van der Waals surface area contributed by atoms with Gasteiger partial charge in [-0.2, -0.15) is 0 Å². The van der Waals surface area contributed by atoms with Crippen LogP contribution >= 0.6 is 0 Å². The Balaban J connectivity index is 1.39. The van der Waals surface area contributed by atoms with Gasteiger partial charge in [0.2, 0.25) is 0 Å². The number of fused-ring (bicyclic) bond motifs is 1. The number of aromatic nitrogens is 1. The van der Waals surface area contributed by atoms with Crippen LogP contribution < -0.4 is 14.4 Å². The van der Waals surface area contributed by atoms with Gasteiger partial charge in [-0.1, -0.05) is 24.3 Å². The third-order valence-electron chi connectivity index (χ3n) is 6.96.